The molecule has 0 unspecified atom stereocenters. The maximum atomic E-state index is 13.2. The molecule has 10 heteroatoms. The lowest BCUT2D eigenvalue weighted by Crippen LogP contribution is -2.49. The second kappa shape index (κ2) is 10.1. The number of aliphatic imine (C=N–C) groups is 1. The summed E-state index contributed by atoms with van der Waals surface area (Å²) in [6.07, 6.45) is 3.08. The first-order valence-corrected chi connectivity index (χ1v) is 10.7. The third kappa shape index (κ3) is 5.02. The number of nitrogens with one attached hydrogen (secondary N) is 1. The quantitative estimate of drug-likeness (QED) is 0.536. The van der Waals surface area contributed by atoms with Gasteiger partial charge in [0.1, 0.15) is 0 Å². The van der Waals surface area contributed by atoms with Crippen LogP contribution >= 0.6 is 23.2 Å². The van der Waals surface area contributed by atoms with Crippen LogP contribution < -0.4 is 11.2 Å². The van der Waals surface area contributed by atoms with Crippen LogP contribution in [0.5, 0.6) is 0 Å². The van der Waals surface area contributed by atoms with Crippen LogP contribution in [0.1, 0.15) is 44.3 Å². The van der Waals surface area contributed by atoms with Crippen LogP contribution in [0.15, 0.2) is 41.5 Å². The Morgan fingerprint density at radius 1 is 1.30 bits per heavy atom. The number of hydrogen-bond donors (Lipinski definition) is 3. The highest BCUT2D eigenvalue weighted by molar-refractivity contribution is 6.40. The first-order chi connectivity index (χ1) is 15.7. The summed E-state index contributed by atoms with van der Waals surface area (Å²) in [6.45, 7) is 1.64. The van der Waals surface area contributed by atoms with Crippen molar-refractivity contribution in [3.8, 4) is 0 Å². The highest BCUT2D eigenvalue weighted by Gasteiger charge is 2.31. The van der Waals surface area contributed by atoms with Gasteiger partial charge < -0.3 is 10.8 Å². The van der Waals surface area contributed by atoms with Gasteiger partial charge in [0.25, 0.3) is 11.8 Å². The van der Waals surface area contributed by atoms with Crippen LogP contribution in [-0.4, -0.2) is 41.2 Å². The molecular formula is C23H22Cl2N4O4. The monoisotopic (exact) mass is 488 g/mol. The Morgan fingerprint density at radius 2 is 1.97 bits per heavy atom. The smallest absolute Gasteiger partial charge is 0.306 e. The molecule has 1 aliphatic rings. The Labute approximate surface area is 200 Å². The van der Waals surface area contributed by atoms with E-state index in [1.54, 1.807) is 44.3 Å². The summed E-state index contributed by atoms with van der Waals surface area (Å²) >= 11 is 12.8. The number of carboxylic acid groups (broad SMARTS) is 1. The minimum Gasteiger partial charge on any atom is -0.481 e. The van der Waals surface area contributed by atoms with E-state index in [9.17, 15) is 19.5 Å². The first-order valence-electron chi connectivity index (χ1n) is 9.97. The number of fused-ring (bicyclic) bond motifs is 1. The number of carbonyl (C=O) groups is 3. The normalized spacial score (nSPS) is 14.7. The summed E-state index contributed by atoms with van der Waals surface area (Å²) < 4.78 is 0. The Balaban J connectivity index is 1.92. The number of hydrazine groups is 1. The molecule has 0 spiro atoms. The van der Waals surface area contributed by atoms with E-state index >= 15 is 0 Å². The molecule has 2 amide bonds. The molecule has 0 aliphatic carbocycles. The van der Waals surface area contributed by atoms with Crippen molar-refractivity contribution in [3.63, 3.8) is 0 Å². The fourth-order valence-corrected chi connectivity index (χ4v) is 4.26. The second-order valence-corrected chi connectivity index (χ2v) is 8.37. The van der Waals surface area contributed by atoms with Crippen LogP contribution in [0.25, 0.3) is 5.57 Å². The van der Waals surface area contributed by atoms with Gasteiger partial charge in [-0.3, -0.25) is 24.8 Å². The lowest BCUT2D eigenvalue weighted by atomic mass is 9.92. The van der Waals surface area contributed by atoms with Crippen molar-refractivity contribution >= 4 is 52.8 Å². The molecule has 1 atom stereocenters. The number of nitrogens with two attached hydrogens (primary N) is 1. The fourth-order valence-electron chi connectivity index (χ4n) is 3.61. The van der Waals surface area contributed by atoms with Gasteiger partial charge in [0.2, 0.25) is 0 Å². The molecule has 2 aromatic carbocycles. The van der Waals surface area contributed by atoms with E-state index in [0.717, 1.165) is 5.01 Å². The number of nitrogens with zero attached hydrogens (tertiary/aromatic N) is 2. The van der Waals surface area contributed by atoms with E-state index in [-0.39, 0.29) is 28.6 Å². The van der Waals surface area contributed by atoms with Crippen LogP contribution in [0.4, 0.5) is 0 Å². The standard InChI is InChI=1S/C23H22Cl2N4O4/c1-12(23(32)33)6-13-4-3-5-14-11-29(28-21(30)19(13)14)22(31)20-17(24)7-15(8-18(20)25)16(9-26)10-27-2/h3-5,7-10,12H,6,11,26H2,1-2H3,(H,28,30)(H,32,33)/t12-/m0/s1. The van der Waals surface area contributed by atoms with Crippen LogP contribution in [0, 0.1) is 5.92 Å². The third-order valence-electron chi connectivity index (χ3n) is 5.26. The van der Waals surface area contributed by atoms with Crippen molar-refractivity contribution in [3.05, 3.63) is 74.4 Å². The maximum absolute atomic E-state index is 13.2. The number of benzene rings is 2. The molecule has 0 radical (unpaired) electrons. The molecule has 4 N–H and O–H groups in total. The average molecular weight is 489 g/mol. The van der Waals surface area contributed by atoms with E-state index < -0.39 is 23.7 Å². The van der Waals surface area contributed by atoms with Gasteiger partial charge in [-0.2, -0.15) is 0 Å². The molecule has 0 fully saturated rings. The number of hydrogen-bond acceptors (Lipinski definition) is 5. The van der Waals surface area contributed by atoms with Crippen molar-refractivity contribution in [1.82, 2.24) is 10.4 Å². The predicted octanol–water partition coefficient (Wildman–Crippen LogP) is 3.56. The van der Waals surface area contributed by atoms with Crippen LogP contribution in [-0.2, 0) is 17.8 Å². The molecule has 0 saturated heterocycles. The minimum absolute atomic E-state index is 0.0336. The van der Waals surface area contributed by atoms with Gasteiger partial charge in [0, 0.05) is 30.6 Å². The lowest BCUT2D eigenvalue weighted by molar-refractivity contribution is -0.141. The lowest BCUT2D eigenvalue weighted by Gasteiger charge is -2.31. The molecule has 172 valence electrons. The molecule has 2 aromatic rings. The van der Waals surface area contributed by atoms with Gasteiger partial charge in [-0.1, -0.05) is 48.3 Å². The minimum atomic E-state index is -0.953. The Bertz CT molecular complexity index is 1170. The molecule has 0 bridgehead atoms. The third-order valence-corrected chi connectivity index (χ3v) is 5.86. The molecular weight excluding hydrogens is 467 g/mol. The fraction of sp³-hybridized carbons (Fsp3) is 0.217. The van der Waals surface area contributed by atoms with E-state index in [1.807, 2.05) is 0 Å². The summed E-state index contributed by atoms with van der Waals surface area (Å²) in [5.41, 5.74) is 11.0. The summed E-state index contributed by atoms with van der Waals surface area (Å²) in [5.74, 6) is -2.70. The maximum Gasteiger partial charge on any atom is 0.306 e. The number of aliphatic carboxylic acids is 1. The molecule has 1 aliphatic heterocycles. The largest absolute Gasteiger partial charge is 0.481 e. The Morgan fingerprint density at radius 3 is 2.55 bits per heavy atom. The Hall–Kier alpha value is -3.36. The SMILES string of the molecule is CN=CC(=CN)c1cc(Cl)c(C(=O)N2Cc3cccc(C[C@H](C)C(=O)O)c3C(=O)N2)c(Cl)c1. The summed E-state index contributed by atoms with van der Waals surface area (Å²) in [7, 11) is 1.59. The molecule has 1 heterocycles. The van der Waals surface area contributed by atoms with E-state index in [1.165, 1.54) is 12.4 Å². The predicted molar refractivity (Wildman–Crippen MR) is 127 cm³/mol. The zero-order chi connectivity index (χ0) is 24.3. The summed E-state index contributed by atoms with van der Waals surface area (Å²) in [6, 6.07) is 8.26. The molecule has 3 rings (SSSR count). The number of rotatable bonds is 6. The molecule has 33 heavy (non-hydrogen) atoms. The van der Waals surface area contributed by atoms with Gasteiger partial charge in [-0.15, -0.1) is 0 Å². The second-order valence-electron chi connectivity index (χ2n) is 7.55. The Kier molecular flexibility index (Phi) is 7.40. The van der Waals surface area contributed by atoms with Crippen molar-refractivity contribution in [2.24, 2.45) is 16.6 Å². The number of amides is 2. The highest BCUT2D eigenvalue weighted by atomic mass is 35.5. The van der Waals surface area contributed by atoms with Crippen molar-refractivity contribution in [1.29, 1.82) is 0 Å². The van der Waals surface area contributed by atoms with Gasteiger partial charge >= 0.3 is 5.97 Å². The van der Waals surface area contributed by atoms with Crippen LogP contribution in [0.3, 0.4) is 0 Å². The number of allylic oxidation sites excluding steroid dienone is 1. The van der Waals surface area contributed by atoms with Gasteiger partial charge in [-0.25, -0.2) is 5.01 Å². The zero-order valence-corrected chi connectivity index (χ0v) is 19.4. The van der Waals surface area contributed by atoms with Gasteiger partial charge in [-0.05, 0) is 35.2 Å². The number of carboxylic acids is 1. The van der Waals surface area contributed by atoms with Crippen molar-refractivity contribution in [2.45, 2.75) is 19.9 Å². The topological polar surface area (TPSA) is 125 Å². The van der Waals surface area contributed by atoms with Gasteiger partial charge in [0.15, 0.2) is 0 Å². The highest BCUT2D eigenvalue weighted by Crippen LogP contribution is 2.32. The number of carbonyl (C=O) groups excluding carboxylic acids is 2. The van der Waals surface area contributed by atoms with Crippen molar-refractivity contribution < 1.29 is 19.5 Å². The molecule has 0 saturated carbocycles. The van der Waals surface area contributed by atoms with Crippen LogP contribution in [0.2, 0.25) is 10.0 Å². The van der Waals surface area contributed by atoms with E-state index in [0.29, 0.717) is 27.8 Å². The summed E-state index contributed by atoms with van der Waals surface area (Å²) in [5, 5.41) is 10.5. The first kappa shape index (κ1) is 24.3. The molecule has 0 aromatic heterocycles. The van der Waals surface area contributed by atoms with Gasteiger partial charge in [0.05, 0.1) is 28.1 Å². The summed E-state index contributed by atoms with van der Waals surface area (Å²) in [4.78, 5) is 41.3. The average Bonchev–Trinajstić information content (AvgIpc) is 2.76. The van der Waals surface area contributed by atoms with E-state index in [4.69, 9.17) is 28.9 Å². The molecule has 8 nitrogen and oxygen atoms in total. The number of halogens is 2. The zero-order valence-electron chi connectivity index (χ0n) is 17.9. The van der Waals surface area contributed by atoms with E-state index in [2.05, 4.69) is 10.4 Å². The van der Waals surface area contributed by atoms with Crippen molar-refractivity contribution in [2.75, 3.05) is 7.05 Å².